The Balaban J connectivity index is 4.03. The van der Waals surface area contributed by atoms with E-state index in [2.05, 4.69) is 5.32 Å². The van der Waals surface area contributed by atoms with Crippen LogP contribution in [0.2, 0.25) is 0 Å². The Morgan fingerprint density at radius 1 is 1.58 bits per heavy atom. The second-order valence-corrected chi connectivity index (χ2v) is 2.08. The summed E-state index contributed by atoms with van der Waals surface area (Å²) in [5.41, 5.74) is 0. The Morgan fingerprint density at radius 2 is 2.17 bits per heavy atom. The standard InChI is InChI=1S/C7H11NO4/c1-2-3-6(10)8-5(4-9)7(11)12/h2-3,5,9H,4H2,1H3,(H,8,10)(H,11,12)/b3-2+. The normalized spacial score (nSPS) is 12.8. The highest BCUT2D eigenvalue weighted by atomic mass is 16.4. The maximum atomic E-state index is 10.7. The summed E-state index contributed by atoms with van der Waals surface area (Å²) in [5.74, 6) is -1.78. The average molecular weight is 173 g/mol. The Morgan fingerprint density at radius 3 is 2.50 bits per heavy atom. The Labute approximate surface area is 69.7 Å². The molecular weight excluding hydrogens is 162 g/mol. The predicted molar refractivity (Wildman–Crippen MR) is 41.5 cm³/mol. The van der Waals surface area contributed by atoms with E-state index >= 15 is 0 Å². The van der Waals surface area contributed by atoms with Crippen molar-refractivity contribution in [1.29, 1.82) is 0 Å². The SMILES string of the molecule is C/C=C/C(=O)NC(CO)C(=O)O. The fraction of sp³-hybridized carbons (Fsp3) is 0.429. The Kier molecular flexibility index (Phi) is 4.71. The summed E-state index contributed by atoms with van der Waals surface area (Å²) in [5, 5.41) is 19.0. The number of rotatable bonds is 4. The first kappa shape index (κ1) is 10.6. The molecule has 0 aliphatic rings. The van der Waals surface area contributed by atoms with E-state index in [1.807, 2.05) is 0 Å². The molecule has 1 unspecified atom stereocenters. The first-order valence-corrected chi connectivity index (χ1v) is 3.38. The molecule has 5 nitrogen and oxygen atoms in total. The van der Waals surface area contributed by atoms with Crippen LogP contribution in [0.15, 0.2) is 12.2 Å². The number of carboxylic acids is 1. The van der Waals surface area contributed by atoms with Gasteiger partial charge in [0.05, 0.1) is 6.61 Å². The van der Waals surface area contributed by atoms with Crippen molar-refractivity contribution in [2.75, 3.05) is 6.61 Å². The van der Waals surface area contributed by atoms with Crippen LogP contribution in [-0.4, -0.2) is 34.7 Å². The van der Waals surface area contributed by atoms with Crippen molar-refractivity contribution in [2.45, 2.75) is 13.0 Å². The summed E-state index contributed by atoms with van der Waals surface area (Å²) in [6.45, 7) is 1.02. The smallest absolute Gasteiger partial charge is 0.328 e. The lowest BCUT2D eigenvalue weighted by molar-refractivity contribution is -0.142. The maximum absolute atomic E-state index is 10.7. The highest BCUT2D eigenvalue weighted by molar-refractivity contribution is 5.91. The molecule has 0 aliphatic heterocycles. The third-order valence-electron chi connectivity index (χ3n) is 1.12. The molecule has 68 valence electrons. The summed E-state index contributed by atoms with van der Waals surface area (Å²) in [6, 6.07) is -1.23. The van der Waals surface area contributed by atoms with Crippen LogP contribution in [0.5, 0.6) is 0 Å². The van der Waals surface area contributed by atoms with Crippen LogP contribution in [0.1, 0.15) is 6.92 Å². The van der Waals surface area contributed by atoms with Crippen molar-refractivity contribution in [1.82, 2.24) is 5.32 Å². The van der Waals surface area contributed by atoms with Gasteiger partial charge in [-0.3, -0.25) is 4.79 Å². The largest absolute Gasteiger partial charge is 0.480 e. The van der Waals surface area contributed by atoms with E-state index in [0.29, 0.717) is 0 Å². The van der Waals surface area contributed by atoms with Gasteiger partial charge in [0.15, 0.2) is 6.04 Å². The molecule has 0 radical (unpaired) electrons. The molecule has 3 N–H and O–H groups in total. The number of carboxylic acid groups (broad SMARTS) is 1. The lowest BCUT2D eigenvalue weighted by Crippen LogP contribution is -2.42. The predicted octanol–water partition coefficient (Wildman–Crippen LogP) is -0.876. The van der Waals surface area contributed by atoms with E-state index in [9.17, 15) is 9.59 Å². The van der Waals surface area contributed by atoms with Crippen molar-refractivity contribution in [3.63, 3.8) is 0 Å². The van der Waals surface area contributed by atoms with Crippen molar-refractivity contribution in [3.05, 3.63) is 12.2 Å². The Bertz CT molecular complexity index is 200. The van der Waals surface area contributed by atoms with Crippen molar-refractivity contribution < 1.29 is 19.8 Å². The van der Waals surface area contributed by atoms with E-state index in [4.69, 9.17) is 10.2 Å². The molecule has 0 bridgehead atoms. The van der Waals surface area contributed by atoms with Crippen molar-refractivity contribution >= 4 is 11.9 Å². The molecule has 12 heavy (non-hydrogen) atoms. The number of carbonyl (C=O) groups excluding carboxylic acids is 1. The second-order valence-electron chi connectivity index (χ2n) is 2.08. The van der Waals surface area contributed by atoms with Crippen molar-refractivity contribution in [2.24, 2.45) is 0 Å². The number of aliphatic hydroxyl groups excluding tert-OH is 1. The van der Waals surface area contributed by atoms with Crippen LogP contribution in [0.4, 0.5) is 0 Å². The van der Waals surface area contributed by atoms with E-state index in [0.717, 1.165) is 0 Å². The third kappa shape index (κ3) is 3.72. The van der Waals surface area contributed by atoms with E-state index < -0.39 is 24.5 Å². The highest BCUT2D eigenvalue weighted by Gasteiger charge is 2.16. The number of carbonyl (C=O) groups is 2. The molecule has 0 spiro atoms. The van der Waals surface area contributed by atoms with Crippen LogP contribution >= 0.6 is 0 Å². The fourth-order valence-corrected chi connectivity index (χ4v) is 0.557. The topological polar surface area (TPSA) is 86.6 Å². The van der Waals surface area contributed by atoms with Gasteiger partial charge in [-0.15, -0.1) is 0 Å². The van der Waals surface area contributed by atoms with Gasteiger partial charge in [-0.05, 0) is 13.0 Å². The van der Waals surface area contributed by atoms with Gasteiger partial charge >= 0.3 is 5.97 Å². The first-order chi connectivity index (χ1) is 5.61. The second kappa shape index (κ2) is 5.31. The number of nitrogens with one attached hydrogen (secondary N) is 1. The van der Waals surface area contributed by atoms with Crippen LogP contribution in [-0.2, 0) is 9.59 Å². The van der Waals surface area contributed by atoms with E-state index in [1.165, 1.54) is 12.2 Å². The fourth-order valence-electron chi connectivity index (χ4n) is 0.557. The zero-order valence-corrected chi connectivity index (χ0v) is 6.65. The summed E-state index contributed by atoms with van der Waals surface area (Å²) < 4.78 is 0. The lowest BCUT2D eigenvalue weighted by Gasteiger charge is -2.08. The average Bonchev–Trinajstić information content (AvgIpc) is 2.00. The van der Waals surface area contributed by atoms with Gasteiger partial charge in [-0.25, -0.2) is 4.79 Å². The zero-order chi connectivity index (χ0) is 9.56. The first-order valence-electron chi connectivity index (χ1n) is 3.38. The lowest BCUT2D eigenvalue weighted by atomic mass is 10.3. The molecule has 0 rings (SSSR count). The minimum Gasteiger partial charge on any atom is -0.480 e. The summed E-state index contributed by atoms with van der Waals surface area (Å²) in [6.07, 6.45) is 2.66. The third-order valence-corrected chi connectivity index (χ3v) is 1.12. The molecule has 0 aromatic rings. The molecule has 0 saturated heterocycles. The van der Waals surface area contributed by atoms with Gasteiger partial charge in [0.1, 0.15) is 0 Å². The molecule has 0 heterocycles. The Hall–Kier alpha value is -1.36. The van der Waals surface area contributed by atoms with Crippen LogP contribution in [0.3, 0.4) is 0 Å². The molecule has 0 fully saturated rings. The van der Waals surface area contributed by atoms with Crippen molar-refractivity contribution in [3.8, 4) is 0 Å². The monoisotopic (exact) mass is 173 g/mol. The number of aliphatic hydroxyl groups is 1. The van der Waals surface area contributed by atoms with Gasteiger partial charge in [0, 0.05) is 0 Å². The van der Waals surface area contributed by atoms with Crippen LogP contribution < -0.4 is 5.32 Å². The van der Waals surface area contributed by atoms with Gasteiger partial charge in [-0.1, -0.05) is 6.08 Å². The summed E-state index contributed by atoms with van der Waals surface area (Å²) in [4.78, 5) is 21.0. The van der Waals surface area contributed by atoms with Gasteiger partial charge < -0.3 is 15.5 Å². The summed E-state index contributed by atoms with van der Waals surface area (Å²) in [7, 11) is 0. The molecule has 5 heteroatoms. The number of allylic oxidation sites excluding steroid dienone is 1. The van der Waals surface area contributed by atoms with Gasteiger partial charge in [0.2, 0.25) is 5.91 Å². The number of hydrogen-bond acceptors (Lipinski definition) is 3. The molecule has 0 aromatic carbocycles. The highest BCUT2D eigenvalue weighted by Crippen LogP contribution is 1.83. The molecule has 0 aliphatic carbocycles. The molecule has 0 saturated carbocycles. The minimum atomic E-state index is -1.25. The van der Waals surface area contributed by atoms with Crippen LogP contribution in [0, 0.1) is 0 Å². The molecular formula is C7H11NO4. The molecule has 1 amide bonds. The summed E-state index contributed by atoms with van der Waals surface area (Å²) >= 11 is 0. The number of amides is 1. The van der Waals surface area contributed by atoms with Gasteiger partial charge in [-0.2, -0.15) is 0 Å². The minimum absolute atomic E-state index is 0.529. The van der Waals surface area contributed by atoms with E-state index in [1.54, 1.807) is 6.92 Å². The van der Waals surface area contributed by atoms with Gasteiger partial charge in [0.25, 0.3) is 0 Å². The quantitative estimate of drug-likeness (QED) is 0.482. The number of aliphatic carboxylic acids is 1. The van der Waals surface area contributed by atoms with Crippen LogP contribution in [0.25, 0.3) is 0 Å². The molecule has 1 atom stereocenters. The zero-order valence-electron chi connectivity index (χ0n) is 6.65. The molecule has 0 aromatic heterocycles. The maximum Gasteiger partial charge on any atom is 0.328 e. The number of hydrogen-bond donors (Lipinski definition) is 3. The van der Waals surface area contributed by atoms with E-state index in [-0.39, 0.29) is 0 Å².